The number of aromatic nitrogens is 2. The third-order valence-corrected chi connectivity index (χ3v) is 4.75. The van der Waals surface area contributed by atoms with E-state index in [-0.39, 0.29) is 11.3 Å². The van der Waals surface area contributed by atoms with Crippen molar-refractivity contribution in [2.24, 2.45) is 5.41 Å². The molecule has 6 nitrogen and oxygen atoms in total. The summed E-state index contributed by atoms with van der Waals surface area (Å²) >= 11 is 0. The molecule has 1 aliphatic rings. The molecule has 0 aliphatic carbocycles. The third-order valence-electron chi connectivity index (χ3n) is 4.75. The van der Waals surface area contributed by atoms with Gasteiger partial charge in [0.05, 0.1) is 24.6 Å². The molecule has 0 spiro atoms. The molecule has 3 rings (SSSR count). The minimum absolute atomic E-state index is 0.0886. The Morgan fingerprint density at radius 1 is 1.29 bits per heavy atom. The normalized spacial score (nSPS) is 16.6. The summed E-state index contributed by atoms with van der Waals surface area (Å²) in [5, 5.41) is 13.4. The Labute approximate surface area is 142 Å². The quantitative estimate of drug-likeness (QED) is 0.786. The van der Waals surface area contributed by atoms with Crippen LogP contribution in [0, 0.1) is 5.41 Å². The zero-order valence-corrected chi connectivity index (χ0v) is 14.2. The molecule has 1 fully saturated rings. The maximum absolute atomic E-state index is 12.6. The van der Waals surface area contributed by atoms with E-state index in [1.54, 1.807) is 13.3 Å². The van der Waals surface area contributed by atoms with Crippen LogP contribution in [0.25, 0.3) is 11.3 Å². The van der Waals surface area contributed by atoms with Gasteiger partial charge in [-0.1, -0.05) is 6.92 Å². The number of ether oxygens (including phenoxy) is 1. The predicted octanol–water partition coefficient (Wildman–Crippen LogP) is 2.20. The van der Waals surface area contributed by atoms with Crippen LogP contribution in [0.4, 0.5) is 0 Å². The van der Waals surface area contributed by atoms with Crippen molar-refractivity contribution in [1.29, 1.82) is 0 Å². The van der Waals surface area contributed by atoms with Gasteiger partial charge in [0.15, 0.2) is 0 Å². The van der Waals surface area contributed by atoms with Crippen LogP contribution >= 0.6 is 0 Å². The number of carbonyl (C=O) groups excluding carboxylic acids is 1. The number of H-pyrrole nitrogens is 1. The fraction of sp³-hybridized carbons (Fsp3) is 0.444. The number of nitrogens with one attached hydrogen (secondary N) is 3. The number of aromatic amines is 1. The van der Waals surface area contributed by atoms with Crippen molar-refractivity contribution in [2.75, 3.05) is 26.7 Å². The van der Waals surface area contributed by atoms with Gasteiger partial charge >= 0.3 is 0 Å². The topological polar surface area (TPSA) is 79.0 Å². The fourth-order valence-electron chi connectivity index (χ4n) is 3.03. The average Bonchev–Trinajstić information content (AvgIpc) is 3.10. The standard InChI is InChI=1S/C18H24N4O2/c1-18(7-9-19-10-8-18)12-20-17(23)15-11-21-22-16(15)13-3-5-14(24-2)6-4-13/h3-6,11,19H,7-10,12H2,1-2H3,(H,20,23)(H,21,22). The van der Waals surface area contributed by atoms with Gasteiger partial charge in [-0.3, -0.25) is 9.89 Å². The van der Waals surface area contributed by atoms with E-state index >= 15 is 0 Å². The van der Waals surface area contributed by atoms with Gasteiger partial charge in [-0.25, -0.2) is 0 Å². The average molecular weight is 328 g/mol. The van der Waals surface area contributed by atoms with Gasteiger partial charge in [0, 0.05) is 12.1 Å². The summed E-state index contributed by atoms with van der Waals surface area (Å²) in [6.07, 6.45) is 3.73. The molecule has 1 aromatic carbocycles. The van der Waals surface area contributed by atoms with E-state index in [0.29, 0.717) is 12.1 Å². The number of hydrogen-bond acceptors (Lipinski definition) is 4. The van der Waals surface area contributed by atoms with E-state index in [2.05, 4.69) is 27.8 Å². The van der Waals surface area contributed by atoms with Crippen LogP contribution in [0.2, 0.25) is 0 Å². The molecule has 0 bridgehead atoms. The molecule has 0 saturated carbocycles. The van der Waals surface area contributed by atoms with Crippen molar-refractivity contribution in [3.05, 3.63) is 36.0 Å². The Balaban J connectivity index is 1.70. The molecule has 1 aliphatic heterocycles. The van der Waals surface area contributed by atoms with Crippen LogP contribution in [-0.4, -0.2) is 42.8 Å². The summed E-state index contributed by atoms with van der Waals surface area (Å²) in [4.78, 5) is 12.6. The summed E-state index contributed by atoms with van der Waals surface area (Å²) in [7, 11) is 1.63. The van der Waals surface area contributed by atoms with Crippen LogP contribution in [0.3, 0.4) is 0 Å². The van der Waals surface area contributed by atoms with Gasteiger partial charge in [-0.15, -0.1) is 0 Å². The smallest absolute Gasteiger partial charge is 0.255 e. The molecule has 6 heteroatoms. The number of benzene rings is 1. The number of nitrogens with zero attached hydrogens (tertiary/aromatic N) is 1. The Hall–Kier alpha value is -2.34. The Morgan fingerprint density at radius 2 is 2.00 bits per heavy atom. The van der Waals surface area contributed by atoms with Gasteiger partial charge in [0.2, 0.25) is 0 Å². The summed E-state index contributed by atoms with van der Waals surface area (Å²) in [5.74, 6) is 0.692. The first-order chi connectivity index (χ1) is 11.6. The number of carbonyl (C=O) groups is 1. The highest BCUT2D eigenvalue weighted by atomic mass is 16.5. The van der Waals surface area contributed by atoms with Crippen molar-refractivity contribution in [2.45, 2.75) is 19.8 Å². The molecule has 1 amide bonds. The first-order valence-corrected chi connectivity index (χ1v) is 8.28. The lowest BCUT2D eigenvalue weighted by atomic mass is 9.81. The van der Waals surface area contributed by atoms with E-state index < -0.39 is 0 Å². The summed E-state index contributed by atoms with van der Waals surface area (Å²) < 4.78 is 5.17. The van der Waals surface area contributed by atoms with Crippen molar-refractivity contribution in [1.82, 2.24) is 20.8 Å². The lowest BCUT2D eigenvalue weighted by molar-refractivity contribution is 0.0923. The maximum atomic E-state index is 12.6. The number of piperidine rings is 1. The second-order valence-corrected chi connectivity index (χ2v) is 6.63. The predicted molar refractivity (Wildman–Crippen MR) is 93.1 cm³/mol. The SMILES string of the molecule is COc1ccc(-c2[nH]ncc2C(=O)NCC2(C)CCNCC2)cc1. The first kappa shape index (κ1) is 16.5. The highest BCUT2D eigenvalue weighted by molar-refractivity contribution is 5.99. The van der Waals surface area contributed by atoms with Crippen molar-refractivity contribution in [3.63, 3.8) is 0 Å². The van der Waals surface area contributed by atoms with Gasteiger partial charge in [-0.2, -0.15) is 5.10 Å². The van der Waals surface area contributed by atoms with E-state index in [4.69, 9.17) is 4.74 Å². The summed E-state index contributed by atoms with van der Waals surface area (Å²) in [6.45, 7) is 4.93. The lowest BCUT2D eigenvalue weighted by Crippen LogP contribution is -2.42. The number of rotatable bonds is 5. The molecule has 1 saturated heterocycles. The molecule has 0 atom stereocenters. The molecule has 2 heterocycles. The van der Waals surface area contributed by atoms with E-state index in [1.165, 1.54) is 0 Å². The molecule has 128 valence electrons. The molecule has 0 radical (unpaired) electrons. The van der Waals surface area contributed by atoms with Gasteiger partial charge in [-0.05, 0) is 55.6 Å². The van der Waals surface area contributed by atoms with Crippen LogP contribution in [0.15, 0.2) is 30.5 Å². The summed E-state index contributed by atoms with van der Waals surface area (Å²) in [6, 6.07) is 7.57. The van der Waals surface area contributed by atoms with Crippen molar-refractivity contribution >= 4 is 5.91 Å². The fourth-order valence-corrected chi connectivity index (χ4v) is 3.03. The zero-order chi connectivity index (χ0) is 17.0. The molecular weight excluding hydrogens is 304 g/mol. The van der Waals surface area contributed by atoms with Gasteiger partial charge < -0.3 is 15.4 Å². The van der Waals surface area contributed by atoms with Crippen LogP contribution in [0.5, 0.6) is 5.75 Å². The van der Waals surface area contributed by atoms with Gasteiger partial charge in [0.25, 0.3) is 5.91 Å². The Kier molecular flexibility index (Phi) is 4.85. The zero-order valence-electron chi connectivity index (χ0n) is 14.2. The van der Waals surface area contributed by atoms with Gasteiger partial charge in [0.1, 0.15) is 5.75 Å². The Bertz CT molecular complexity index is 687. The minimum Gasteiger partial charge on any atom is -0.497 e. The highest BCUT2D eigenvalue weighted by Gasteiger charge is 2.27. The maximum Gasteiger partial charge on any atom is 0.255 e. The minimum atomic E-state index is -0.0886. The largest absolute Gasteiger partial charge is 0.497 e. The molecular formula is C18H24N4O2. The monoisotopic (exact) mass is 328 g/mol. The number of hydrogen-bond donors (Lipinski definition) is 3. The van der Waals surface area contributed by atoms with Crippen LogP contribution < -0.4 is 15.4 Å². The second-order valence-electron chi connectivity index (χ2n) is 6.63. The Morgan fingerprint density at radius 3 is 2.67 bits per heavy atom. The second kappa shape index (κ2) is 7.05. The summed E-state index contributed by atoms with van der Waals surface area (Å²) in [5.41, 5.74) is 2.36. The lowest BCUT2D eigenvalue weighted by Gasteiger charge is -2.34. The first-order valence-electron chi connectivity index (χ1n) is 8.28. The number of methoxy groups -OCH3 is 1. The van der Waals surface area contributed by atoms with Crippen LogP contribution in [0.1, 0.15) is 30.1 Å². The molecule has 24 heavy (non-hydrogen) atoms. The van der Waals surface area contributed by atoms with E-state index in [0.717, 1.165) is 42.9 Å². The van der Waals surface area contributed by atoms with Crippen molar-refractivity contribution in [3.8, 4) is 17.0 Å². The molecule has 0 unspecified atom stereocenters. The van der Waals surface area contributed by atoms with Crippen molar-refractivity contribution < 1.29 is 9.53 Å². The van der Waals surface area contributed by atoms with E-state index in [9.17, 15) is 4.79 Å². The molecule has 2 aromatic rings. The van der Waals surface area contributed by atoms with E-state index in [1.807, 2.05) is 24.3 Å². The molecule has 3 N–H and O–H groups in total. The highest BCUT2D eigenvalue weighted by Crippen LogP contribution is 2.27. The number of amides is 1. The molecule has 1 aromatic heterocycles. The van der Waals surface area contributed by atoms with Crippen LogP contribution in [-0.2, 0) is 0 Å². The third kappa shape index (κ3) is 3.59.